The summed E-state index contributed by atoms with van der Waals surface area (Å²) in [5, 5.41) is 3.68. The molecule has 1 N–H and O–H groups in total. The molecule has 0 saturated carbocycles. The third kappa shape index (κ3) is 5.74. The van der Waals surface area contributed by atoms with Crippen LogP contribution in [0.3, 0.4) is 0 Å². The van der Waals surface area contributed by atoms with Gasteiger partial charge in [0, 0.05) is 33.9 Å². The standard InChI is InChI=1S/C42H32N2/c1-6-17-32(18-7-1)35-29-37(43-36-23-12-4-13-24-36)31-39(30-35)44(38-25-14-5-15-26-38)42-40(33-19-8-2-9-20-33)27-16-28-41(42)34-21-10-3-11-22-34/h1-31,43H. The van der Waals surface area contributed by atoms with Crippen LogP contribution < -0.4 is 10.2 Å². The Kier molecular flexibility index (Phi) is 7.71. The van der Waals surface area contributed by atoms with Crippen LogP contribution in [0.2, 0.25) is 0 Å². The average molecular weight is 565 g/mol. The lowest BCUT2D eigenvalue weighted by atomic mass is 9.94. The van der Waals surface area contributed by atoms with Gasteiger partial charge in [0.15, 0.2) is 0 Å². The van der Waals surface area contributed by atoms with Crippen LogP contribution >= 0.6 is 0 Å². The van der Waals surface area contributed by atoms with Crippen molar-refractivity contribution in [1.29, 1.82) is 0 Å². The molecular weight excluding hydrogens is 532 g/mol. The molecule has 0 saturated heterocycles. The molecule has 0 aromatic heterocycles. The molecule has 0 atom stereocenters. The molecule has 210 valence electrons. The number of benzene rings is 7. The minimum absolute atomic E-state index is 1.02. The highest BCUT2D eigenvalue weighted by atomic mass is 15.1. The summed E-state index contributed by atoms with van der Waals surface area (Å²) in [5.41, 5.74) is 12.3. The summed E-state index contributed by atoms with van der Waals surface area (Å²) in [5.74, 6) is 0. The van der Waals surface area contributed by atoms with Gasteiger partial charge in [-0.1, -0.05) is 146 Å². The molecule has 0 amide bonds. The second kappa shape index (κ2) is 12.6. The summed E-state index contributed by atoms with van der Waals surface area (Å²) in [6.45, 7) is 0. The van der Waals surface area contributed by atoms with Crippen molar-refractivity contribution in [2.24, 2.45) is 0 Å². The van der Waals surface area contributed by atoms with E-state index >= 15 is 0 Å². The lowest BCUT2D eigenvalue weighted by Gasteiger charge is -2.31. The van der Waals surface area contributed by atoms with Gasteiger partial charge < -0.3 is 10.2 Å². The van der Waals surface area contributed by atoms with Crippen molar-refractivity contribution in [1.82, 2.24) is 0 Å². The summed E-state index contributed by atoms with van der Waals surface area (Å²) in [6.07, 6.45) is 0. The highest BCUT2D eigenvalue weighted by molar-refractivity contribution is 5.98. The lowest BCUT2D eigenvalue weighted by Crippen LogP contribution is -2.13. The Balaban J connectivity index is 1.52. The van der Waals surface area contributed by atoms with E-state index in [0.29, 0.717) is 0 Å². The maximum absolute atomic E-state index is 3.68. The quantitative estimate of drug-likeness (QED) is 0.197. The van der Waals surface area contributed by atoms with E-state index in [0.717, 1.165) is 39.6 Å². The minimum Gasteiger partial charge on any atom is -0.355 e. The van der Waals surface area contributed by atoms with Crippen molar-refractivity contribution in [2.45, 2.75) is 0 Å². The first-order chi connectivity index (χ1) is 21.8. The van der Waals surface area contributed by atoms with Gasteiger partial charge >= 0.3 is 0 Å². The first-order valence-electron chi connectivity index (χ1n) is 15.0. The van der Waals surface area contributed by atoms with Gasteiger partial charge in [-0.25, -0.2) is 0 Å². The zero-order valence-corrected chi connectivity index (χ0v) is 24.3. The van der Waals surface area contributed by atoms with E-state index in [4.69, 9.17) is 0 Å². The number of hydrogen-bond donors (Lipinski definition) is 1. The molecule has 7 aromatic rings. The van der Waals surface area contributed by atoms with Crippen LogP contribution in [0.15, 0.2) is 188 Å². The molecule has 2 heteroatoms. The Labute approximate surface area is 259 Å². The molecular formula is C42H32N2. The summed E-state index contributed by atoms with van der Waals surface area (Å²) >= 11 is 0. The molecule has 2 nitrogen and oxygen atoms in total. The Morgan fingerprint density at radius 3 is 1.34 bits per heavy atom. The Hall–Kier alpha value is -5.86. The van der Waals surface area contributed by atoms with Gasteiger partial charge in [0.2, 0.25) is 0 Å². The van der Waals surface area contributed by atoms with Crippen LogP contribution in [0.1, 0.15) is 0 Å². The van der Waals surface area contributed by atoms with E-state index in [1.54, 1.807) is 0 Å². The number of hydrogen-bond acceptors (Lipinski definition) is 2. The van der Waals surface area contributed by atoms with Crippen LogP contribution in [0, 0.1) is 0 Å². The number of rotatable bonds is 8. The van der Waals surface area contributed by atoms with Gasteiger partial charge in [0.05, 0.1) is 5.69 Å². The Bertz CT molecular complexity index is 1900. The normalized spacial score (nSPS) is 10.7. The van der Waals surface area contributed by atoms with Crippen LogP contribution in [0.4, 0.5) is 28.4 Å². The maximum Gasteiger partial charge on any atom is 0.0618 e. The van der Waals surface area contributed by atoms with Gasteiger partial charge in [-0.05, 0) is 64.7 Å². The second-order valence-corrected chi connectivity index (χ2v) is 10.7. The molecule has 0 aliphatic carbocycles. The number of anilines is 5. The van der Waals surface area contributed by atoms with E-state index in [9.17, 15) is 0 Å². The topological polar surface area (TPSA) is 15.3 Å². The molecule has 0 unspecified atom stereocenters. The van der Waals surface area contributed by atoms with Crippen LogP contribution in [-0.2, 0) is 0 Å². The zero-order chi connectivity index (χ0) is 29.6. The fourth-order valence-corrected chi connectivity index (χ4v) is 5.77. The number of para-hydroxylation sites is 3. The average Bonchev–Trinajstić information content (AvgIpc) is 3.10. The number of nitrogens with zero attached hydrogens (tertiary/aromatic N) is 1. The lowest BCUT2D eigenvalue weighted by molar-refractivity contribution is 1.28. The molecule has 0 radical (unpaired) electrons. The Morgan fingerprint density at radius 1 is 0.318 bits per heavy atom. The van der Waals surface area contributed by atoms with Crippen molar-refractivity contribution in [2.75, 3.05) is 10.2 Å². The van der Waals surface area contributed by atoms with Crippen LogP contribution in [-0.4, -0.2) is 0 Å². The monoisotopic (exact) mass is 564 g/mol. The third-order valence-corrected chi connectivity index (χ3v) is 7.79. The summed E-state index contributed by atoms with van der Waals surface area (Å²) in [6, 6.07) is 66.4. The summed E-state index contributed by atoms with van der Waals surface area (Å²) in [4.78, 5) is 2.41. The summed E-state index contributed by atoms with van der Waals surface area (Å²) in [7, 11) is 0. The predicted molar refractivity (Wildman–Crippen MR) is 187 cm³/mol. The fourth-order valence-electron chi connectivity index (χ4n) is 5.77. The molecule has 7 rings (SSSR count). The van der Waals surface area contributed by atoms with Crippen molar-refractivity contribution in [3.8, 4) is 33.4 Å². The van der Waals surface area contributed by atoms with Gasteiger partial charge in [-0.2, -0.15) is 0 Å². The van der Waals surface area contributed by atoms with Gasteiger partial charge in [-0.15, -0.1) is 0 Å². The highest BCUT2D eigenvalue weighted by Crippen LogP contribution is 2.47. The van der Waals surface area contributed by atoms with Crippen molar-refractivity contribution >= 4 is 28.4 Å². The molecule has 0 fully saturated rings. The first-order valence-corrected chi connectivity index (χ1v) is 15.0. The van der Waals surface area contributed by atoms with Gasteiger partial charge in [-0.3, -0.25) is 0 Å². The smallest absolute Gasteiger partial charge is 0.0618 e. The van der Waals surface area contributed by atoms with Crippen molar-refractivity contribution < 1.29 is 0 Å². The minimum atomic E-state index is 1.02. The van der Waals surface area contributed by atoms with Crippen LogP contribution in [0.25, 0.3) is 33.4 Å². The van der Waals surface area contributed by atoms with E-state index in [-0.39, 0.29) is 0 Å². The number of nitrogens with one attached hydrogen (secondary N) is 1. The highest BCUT2D eigenvalue weighted by Gasteiger charge is 2.22. The SMILES string of the molecule is c1ccc(Nc2cc(-c3ccccc3)cc(N(c3ccccc3)c3c(-c4ccccc4)cccc3-c3ccccc3)c2)cc1. The molecule has 7 aromatic carbocycles. The second-order valence-electron chi connectivity index (χ2n) is 10.7. The molecule has 0 heterocycles. The van der Waals surface area contributed by atoms with Crippen molar-refractivity contribution in [3.63, 3.8) is 0 Å². The van der Waals surface area contributed by atoms with Gasteiger partial charge in [0.1, 0.15) is 0 Å². The third-order valence-electron chi connectivity index (χ3n) is 7.79. The van der Waals surface area contributed by atoms with E-state index in [2.05, 4.69) is 192 Å². The van der Waals surface area contributed by atoms with Gasteiger partial charge in [0.25, 0.3) is 0 Å². The molecule has 0 spiro atoms. The molecule has 0 aliphatic rings. The zero-order valence-electron chi connectivity index (χ0n) is 24.3. The fraction of sp³-hybridized carbons (Fsp3) is 0. The van der Waals surface area contributed by atoms with E-state index in [1.165, 1.54) is 22.3 Å². The maximum atomic E-state index is 3.68. The van der Waals surface area contributed by atoms with E-state index in [1.807, 2.05) is 6.07 Å². The Morgan fingerprint density at radius 2 is 0.795 bits per heavy atom. The summed E-state index contributed by atoms with van der Waals surface area (Å²) < 4.78 is 0. The van der Waals surface area contributed by atoms with Crippen molar-refractivity contribution in [3.05, 3.63) is 188 Å². The molecule has 0 aliphatic heterocycles. The predicted octanol–water partition coefficient (Wildman–Crippen LogP) is 11.9. The molecule has 0 bridgehead atoms. The van der Waals surface area contributed by atoms with Crippen LogP contribution in [0.5, 0.6) is 0 Å². The largest absolute Gasteiger partial charge is 0.355 e. The molecule has 44 heavy (non-hydrogen) atoms. The first kappa shape index (κ1) is 27.0. The van der Waals surface area contributed by atoms with E-state index < -0.39 is 0 Å².